The maximum absolute atomic E-state index is 11.6. The van der Waals surface area contributed by atoms with Gasteiger partial charge in [0.15, 0.2) is 5.82 Å². The molecule has 0 fully saturated rings. The molecule has 1 aromatic carbocycles. The largest absolute Gasteiger partial charge is 0.465 e. The molecule has 0 aliphatic heterocycles. The van der Waals surface area contributed by atoms with E-state index in [1.807, 2.05) is 13.0 Å². The number of rotatable bonds is 4. The van der Waals surface area contributed by atoms with Crippen molar-refractivity contribution in [3.8, 4) is 17.5 Å². The molecule has 1 N–H and O–H groups in total. The van der Waals surface area contributed by atoms with E-state index in [9.17, 15) is 4.79 Å². The zero-order chi connectivity index (χ0) is 17.9. The zero-order valence-corrected chi connectivity index (χ0v) is 13.3. The normalized spacial score (nSPS) is 9.54. The first-order valence-electron chi connectivity index (χ1n) is 6.81. The molecule has 24 heavy (non-hydrogen) atoms. The molecule has 1 aromatic heterocycles. The molecule has 0 unspecified atom stereocenters. The number of ether oxygens (including phenoxy) is 1. The van der Waals surface area contributed by atoms with E-state index in [1.165, 1.54) is 19.3 Å². The number of esters is 1. The Morgan fingerprint density at radius 2 is 2.17 bits per heavy atom. The van der Waals surface area contributed by atoms with Crippen LogP contribution in [0.15, 0.2) is 41.5 Å². The van der Waals surface area contributed by atoms with Gasteiger partial charge in [-0.2, -0.15) is 10.2 Å². The van der Waals surface area contributed by atoms with Gasteiger partial charge in [0, 0.05) is 11.8 Å². The monoisotopic (exact) mass is 324 g/mol. The van der Waals surface area contributed by atoms with Crippen molar-refractivity contribution in [1.82, 2.24) is 10.1 Å². The van der Waals surface area contributed by atoms with Crippen molar-refractivity contribution in [2.45, 2.75) is 6.92 Å². The third-order valence-electron chi connectivity index (χ3n) is 2.61. The van der Waals surface area contributed by atoms with Crippen LogP contribution in [0.5, 0.6) is 0 Å². The first-order valence-corrected chi connectivity index (χ1v) is 6.81. The molecule has 0 bridgehead atoms. The fraction of sp³-hybridized carbons (Fsp3) is 0.118. The Morgan fingerprint density at radius 3 is 2.71 bits per heavy atom. The van der Waals surface area contributed by atoms with Gasteiger partial charge in [-0.1, -0.05) is 23.9 Å². The van der Waals surface area contributed by atoms with E-state index in [0.29, 0.717) is 17.0 Å². The molecule has 0 saturated carbocycles. The van der Waals surface area contributed by atoms with Crippen molar-refractivity contribution in [2.24, 2.45) is 0 Å². The molecule has 0 aliphatic carbocycles. The molecule has 0 amide bonds. The maximum atomic E-state index is 11.6. The SMILES string of the molecule is C/C=C/c1noc(-c2cc(C#N)cc(C(=O)OC)c2)n1.C=CC=N. The molecular formula is C17H16N4O3. The van der Waals surface area contributed by atoms with E-state index in [4.69, 9.17) is 15.2 Å². The van der Waals surface area contributed by atoms with E-state index in [2.05, 4.69) is 21.5 Å². The number of benzene rings is 1. The van der Waals surface area contributed by atoms with Crippen molar-refractivity contribution in [3.05, 3.63) is 53.9 Å². The number of aromatic nitrogens is 2. The third kappa shape index (κ3) is 5.03. The maximum Gasteiger partial charge on any atom is 0.337 e. The van der Waals surface area contributed by atoms with E-state index < -0.39 is 5.97 Å². The quantitative estimate of drug-likeness (QED) is 0.682. The minimum absolute atomic E-state index is 0.236. The van der Waals surface area contributed by atoms with Crippen LogP contribution >= 0.6 is 0 Å². The van der Waals surface area contributed by atoms with Crippen LogP contribution in [-0.2, 0) is 4.74 Å². The van der Waals surface area contributed by atoms with Crippen molar-refractivity contribution in [3.63, 3.8) is 0 Å². The minimum Gasteiger partial charge on any atom is -0.465 e. The number of carbonyl (C=O) groups excluding carboxylic acids is 1. The van der Waals surface area contributed by atoms with Gasteiger partial charge in [-0.25, -0.2) is 4.79 Å². The van der Waals surface area contributed by atoms with Gasteiger partial charge in [0.1, 0.15) is 0 Å². The van der Waals surface area contributed by atoms with Gasteiger partial charge in [0.2, 0.25) is 0 Å². The second-order valence-electron chi connectivity index (χ2n) is 4.26. The van der Waals surface area contributed by atoms with Crippen LogP contribution in [0, 0.1) is 16.7 Å². The lowest BCUT2D eigenvalue weighted by Gasteiger charge is -2.02. The highest BCUT2D eigenvalue weighted by atomic mass is 16.5. The third-order valence-corrected chi connectivity index (χ3v) is 2.61. The number of hydrogen-bond donors (Lipinski definition) is 1. The molecule has 0 atom stereocenters. The first kappa shape index (κ1) is 18.5. The van der Waals surface area contributed by atoms with E-state index in [-0.39, 0.29) is 11.5 Å². The van der Waals surface area contributed by atoms with Crippen LogP contribution < -0.4 is 0 Å². The first-order chi connectivity index (χ1) is 11.6. The Balaban J connectivity index is 0.000000648. The van der Waals surface area contributed by atoms with Crippen molar-refractivity contribution in [2.75, 3.05) is 7.11 Å². The fourth-order valence-electron chi connectivity index (χ4n) is 1.62. The molecule has 7 heteroatoms. The lowest BCUT2D eigenvalue weighted by molar-refractivity contribution is 0.0600. The van der Waals surface area contributed by atoms with Crippen molar-refractivity contribution < 1.29 is 14.1 Å². The van der Waals surface area contributed by atoms with E-state index in [0.717, 1.165) is 6.21 Å². The summed E-state index contributed by atoms with van der Waals surface area (Å²) in [6, 6.07) is 6.53. The summed E-state index contributed by atoms with van der Waals surface area (Å²) in [7, 11) is 1.28. The summed E-state index contributed by atoms with van der Waals surface area (Å²) >= 11 is 0. The molecule has 122 valence electrons. The van der Waals surface area contributed by atoms with Crippen LogP contribution in [0.2, 0.25) is 0 Å². The fourth-order valence-corrected chi connectivity index (χ4v) is 1.62. The summed E-state index contributed by atoms with van der Waals surface area (Å²) in [5.74, 6) is 0.126. The second-order valence-corrected chi connectivity index (χ2v) is 4.26. The van der Waals surface area contributed by atoms with Gasteiger partial charge in [0.05, 0.1) is 24.3 Å². The summed E-state index contributed by atoms with van der Waals surface area (Å²) in [5, 5.41) is 19.0. The number of nitriles is 1. The van der Waals surface area contributed by atoms with Gasteiger partial charge in [0.25, 0.3) is 5.89 Å². The second kappa shape index (κ2) is 9.48. The molecule has 0 spiro atoms. The number of allylic oxidation sites excluding steroid dienone is 2. The van der Waals surface area contributed by atoms with Crippen LogP contribution in [0.1, 0.15) is 28.7 Å². The summed E-state index contributed by atoms with van der Waals surface area (Å²) < 4.78 is 9.74. The standard InChI is InChI=1S/C14H11N3O3.C3H5N/c1-3-4-12-16-13(20-17-12)10-5-9(8-15)6-11(7-10)14(18)19-2;1-2-3-4/h3-7H,1-2H3;2-4H,1H2/b4-3+;. The number of methoxy groups -OCH3 is 1. The smallest absolute Gasteiger partial charge is 0.337 e. The number of carbonyl (C=O) groups is 1. The zero-order valence-electron chi connectivity index (χ0n) is 13.3. The molecule has 0 radical (unpaired) electrons. The average Bonchev–Trinajstić information content (AvgIpc) is 3.09. The highest BCUT2D eigenvalue weighted by molar-refractivity contribution is 5.91. The lowest BCUT2D eigenvalue weighted by Crippen LogP contribution is -2.02. The Morgan fingerprint density at radius 1 is 1.46 bits per heavy atom. The Labute approximate surface area is 139 Å². The summed E-state index contributed by atoms with van der Waals surface area (Å²) in [6.07, 6.45) is 6.02. The Hall–Kier alpha value is -3.53. The van der Waals surface area contributed by atoms with Crippen LogP contribution in [-0.4, -0.2) is 29.4 Å². The summed E-state index contributed by atoms with van der Waals surface area (Å²) in [4.78, 5) is 15.7. The van der Waals surface area contributed by atoms with E-state index >= 15 is 0 Å². The molecule has 7 nitrogen and oxygen atoms in total. The van der Waals surface area contributed by atoms with E-state index in [1.54, 1.807) is 24.3 Å². The molecule has 1 heterocycles. The highest BCUT2D eigenvalue weighted by Gasteiger charge is 2.13. The Bertz CT molecular complexity index is 794. The Kier molecular flexibility index (Phi) is 7.31. The van der Waals surface area contributed by atoms with Crippen molar-refractivity contribution in [1.29, 1.82) is 10.7 Å². The predicted octanol–water partition coefficient (Wildman–Crippen LogP) is 3.25. The van der Waals surface area contributed by atoms with Gasteiger partial charge >= 0.3 is 5.97 Å². The number of hydrogen-bond acceptors (Lipinski definition) is 7. The molecule has 0 aliphatic rings. The molecular weight excluding hydrogens is 308 g/mol. The van der Waals surface area contributed by atoms with Gasteiger partial charge in [-0.15, -0.1) is 0 Å². The van der Waals surface area contributed by atoms with Crippen LogP contribution in [0.4, 0.5) is 0 Å². The number of nitrogens with one attached hydrogen (secondary N) is 1. The van der Waals surface area contributed by atoms with Gasteiger partial charge < -0.3 is 14.7 Å². The number of nitrogens with zero attached hydrogens (tertiary/aromatic N) is 3. The highest BCUT2D eigenvalue weighted by Crippen LogP contribution is 2.21. The van der Waals surface area contributed by atoms with Gasteiger partial charge in [-0.05, 0) is 31.2 Å². The summed E-state index contributed by atoms with van der Waals surface area (Å²) in [6.45, 7) is 5.07. The predicted molar refractivity (Wildman–Crippen MR) is 89.5 cm³/mol. The lowest BCUT2D eigenvalue weighted by atomic mass is 10.1. The molecule has 2 aromatic rings. The minimum atomic E-state index is -0.531. The van der Waals surface area contributed by atoms with Crippen molar-refractivity contribution >= 4 is 18.3 Å². The average molecular weight is 324 g/mol. The molecule has 0 saturated heterocycles. The van der Waals surface area contributed by atoms with Crippen LogP contribution in [0.25, 0.3) is 17.5 Å². The van der Waals surface area contributed by atoms with Crippen LogP contribution in [0.3, 0.4) is 0 Å². The topological polar surface area (TPSA) is 113 Å². The molecule has 2 rings (SSSR count). The summed E-state index contributed by atoms with van der Waals surface area (Å²) in [5.41, 5.74) is 1.06. The van der Waals surface area contributed by atoms with Gasteiger partial charge in [-0.3, -0.25) is 0 Å².